The van der Waals surface area contributed by atoms with Crippen LogP contribution in [-0.4, -0.2) is 26.4 Å². The summed E-state index contributed by atoms with van der Waals surface area (Å²) >= 11 is 1.32. The average Bonchev–Trinajstić information content (AvgIpc) is 3.05. The van der Waals surface area contributed by atoms with Crippen molar-refractivity contribution in [2.45, 2.75) is 32.2 Å². The van der Waals surface area contributed by atoms with Crippen molar-refractivity contribution in [1.82, 2.24) is 4.98 Å². The van der Waals surface area contributed by atoms with Gasteiger partial charge >= 0.3 is 10.4 Å². The fraction of sp³-hybridized carbons (Fsp3) is 0.235. The van der Waals surface area contributed by atoms with Crippen molar-refractivity contribution in [2.24, 2.45) is 5.14 Å². The predicted molar refractivity (Wildman–Crippen MR) is 111 cm³/mol. The van der Waals surface area contributed by atoms with E-state index >= 15 is 0 Å². The van der Waals surface area contributed by atoms with Crippen LogP contribution in [0.2, 0.25) is 0 Å². The Morgan fingerprint density at radius 1 is 1.07 bits per heavy atom. The Bertz CT molecular complexity index is 1300. The van der Waals surface area contributed by atoms with Gasteiger partial charge in [-0.3, -0.25) is 4.55 Å². The van der Waals surface area contributed by atoms with E-state index in [2.05, 4.69) is 10.3 Å². The number of sulfonamides is 1. The van der Waals surface area contributed by atoms with Crippen LogP contribution in [-0.2, 0) is 27.0 Å². The summed E-state index contributed by atoms with van der Waals surface area (Å²) in [5, 5.41) is 8.86. The number of anilines is 1. The molecule has 2 aromatic carbocycles. The van der Waals surface area contributed by atoms with Crippen molar-refractivity contribution < 1.29 is 25.6 Å². The molecule has 0 aliphatic heterocycles. The van der Waals surface area contributed by atoms with Crippen molar-refractivity contribution in [1.29, 1.82) is 0 Å². The number of nitrogens with two attached hydrogens (primary N) is 1. The molecule has 0 aliphatic rings. The monoisotopic (exact) mass is 457 g/mol. The highest BCUT2D eigenvalue weighted by atomic mass is 32.3. The minimum atomic E-state index is -4.64. The van der Waals surface area contributed by atoms with E-state index in [0.717, 1.165) is 15.8 Å². The van der Waals surface area contributed by atoms with Crippen LogP contribution < -0.4 is 14.6 Å². The molecule has 3 rings (SSSR count). The zero-order chi connectivity index (χ0) is 21.6. The maximum atomic E-state index is 11.3. The number of hydrogen-bond donors (Lipinski definition) is 3. The van der Waals surface area contributed by atoms with E-state index in [9.17, 15) is 16.8 Å². The van der Waals surface area contributed by atoms with Gasteiger partial charge in [-0.15, -0.1) is 0 Å². The van der Waals surface area contributed by atoms with Gasteiger partial charge < -0.3 is 9.50 Å². The molecule has 156 valence electrons. The highest BCUT2D eigenvalue weighted by Gasteiger charge is 2.20. The number of nitrogens with one attached hydrogen (secondary N) is 1. The van der Waals surface area contributed by atoms with Gasteiger partial charge in [0.05, 0.1) is 15.1 Å². The third-order valence-electron chi connectivity index (χ3n) is 4.45. The van der Waals surface area contributed by atoms with Gasteiger partial charge in [0.25, 0.3) is 0 Å². The maximum Gasteiger partial charge on any atom is 0.446 e. The second kappa shape index (κ2) is 7.54. The number of rotatable bonds is 6. The Morgan fingerprint density at radius 3 is 2.24 bits per heavy atom. The van der Waals surface area contributed by atoms with Crippen LogP contribution in [0.3, 0.4) is 0 Å². The molecule has 0 fully saturated rings. The fourth-order valence-electron chi connectivity index (χ4n) is 2.84. The van der Waals surface area contributed by atoms with Crippen LogP contribution in [0, 0.1) is 20.8 Å². The summed E-state index contributed by atoms with van der Waals surface area (Å²) in [6, 6.07) is 6.17. The highest BCUT2D eigenvalue weighted by molar-refractivity contribution is 7.89. The van der Waals surface area contributed by atoms with Crippen molar-refractivity contribution in [2.75, 3.05) is 5.32 Å². The summed E-state index contributed by atoms with van der Waals surface area (Å²) in [6.07, 6.45) is 0. The van der Waals surface area contributed by atoms with Gasteiger partial charge in [0.15, 0.2) is 10.9 Å². The molecular formula is C17H19N3O6S3. The molecule has 0 bridgehead atoms. The minimum absolute atomic E-state index is 0.0364. The Labute approximate surface area is 172 Å². The molecule has 0 saturated carbocycles. The van der Waals surface area contributed by atoms with Gasteiger partial charge in [0, 0.05) is 12.1 Å². The molecule has 0 radical (unpaired) electrons. The molecule has 3 aromatic rings. The number of aryl methyl sites for hydroxylation is 2. The molecule has 0 atom stereocenters. The van der Waals surface area contributed by atoms with Crippen molar-refractivity contribution in [3.05, 3.63) is 46.5 Å². The van der Waals surface area contributed by atoms with E-state index in [0.29, 0.717) is 28.3 Å². The number of fused-ring (bicyclic) bond motifs is 1. The predicted octanol–water partition coefficient (Wildman–Crippen LogP) is 2.66. The molecule has 1 aromatic heterocycles. The van der Waals surface area contributed by atoms with E-state index in [4.69, 9.17) is 13.9 Å². The molecular weight excluding hydrogens is 438 g/mol. The molecule has 0 amide bonds. The second-order valence-electron chi connectivity index (χ2n) is 6.45. The molecule has 0 unspecified atom stereocenters. The maximum absolute atomic E-state index is 11.3. The number of benzene rings is 2. The highest BCUT2D eigenvalue weighted by Crippen LogP contribution is 2.39. The molecule has 12 heteroatoms. The molecule has 0 aliphatic carbocycles. The fourth-order valence-corrected chi connectivity index (χ4v) is 4.83. The lowest BCUT2D eigenvalue weighted by Crippen LogP contribution is -2.12. The first-order chi connectivity index (χ1) is 13.4. The topological polar surface area (TPSA) is 149 Å². The quantitative estimate of drug-likeness (QED) is 0.478. The summed E-state index contributed by atoms with van der Waals surface area (Å²) in [4.78, 5) is 4.60. The summed E-state index contributed by atoms with van der Waals surface area (Å²) in [5.41, 5.74) is 3.41. The van der Waals surface area contributed by atoms with Gasteiger partial charge in [0.2, 0.25) is 10.0 Å². The third-order valence-corrected chi connectivity index (χ3v) is 6.89. The second-order valence-corrected chi connectivity index (χ2v) is 10.0. The lowest BCUT2D eigenvalue weighted by molar-refractivity contribution is 0.385. The number of aromatic nitrogens is 1. The van der Waals surface area contributed by atoms with Crippen LogP contribution in [0.1, 0.15) is 22.3 Å². The van der Waals surface area contributed by atoms with Crippen molar-refractivity contribution >= 4 is 47.1 Å². The smallest absolute Gasteiger partial charge is 0.361 e. The Morgan fingerprint density at radius 2 is 1.69 bits per heavy atom. The third kappa shape index (κ3) is 4.67. The normalized spacial score (nSPS) is 12.3. The van der Waals surface area contributed by atoms with Gasteiger partial charge in [0.1, 0.15) is 0 Å². The van der Waals surface area contributed by atoms with Crippen LogP contribution in [0.25, 0.3) is 10.2 Å². The Balaban J connectivity index is 1.90. The number of hydrogen-bond acceptors (Lipinski definition) is 8. The number of primary sulfonamides is 1. The molecule has 1 heterocycles. The molecule has 9 nitrogen and oxygen atoms in total. The van der Waals surface area contributed by atoms with Crippen LogP contribution >= 0.6 is 11.3 Å². The lowest BCUT2D eigenvalue weighted by atomic mass is 10.0. The van der Waals surface area contributed by atoms with Crippen molar-refractivity contribution in [3.8, 4) is 5.75 Å². The first kappa shape index (κ1) is 21.5. The number of thiazole rings is 1. The Kier molecular flexibility index (Phi) is 5.58. The SMILES string of the molecule is Cc1c(OS(=O)(=O)O)c(C)c2sc(NCc3ccc(S(N)(=O)=O)cc3)nc2c1C. The van der Waals surface area contributed by atoms with E-state index in [1.54, 1.807) is 32.9 Å². The standard InChI is InChI=1S/C17H19N3O6S3/c1-9-10(2)15(26-29(23,24)25)11(3)16-14(9)20-17(27-16)19-8-12-4-6-13(7-5-12)28(18,21)22/h4-7H,8H2,1-3H3,(H,19,20)(H2,18,21,22)(H,23,24,25). The minimum Gasteiger partial charge on any atom is -0.361 e. The van der Waals surface area contributed by atoms with Gasteiger partial charge in [-0.05, 0) is 49.6 Å². The van der Waals surface area contributed by atoms with Crippen LogP contribution in [0.4, 0.5) is 5.13 Å². The zero-order valence-electron chi connectivity index (χ0n) is 15.8. The number of nitrogens with zero attached hydrogens (tertiary/aromatic N) is 1. The van der Waals surface area contributed by atoms with E-state index < -0.39 is 20.4 Å². The van der Waals surface area contributed by atoms with Gasteiger partial charge in [-0.2, -0.15) is 8.42 Å². The first-order valence-corrected chi connectivity index (χ1v) is 12.0. The average molecular weight is 458 g/mol. The molecule has 0 spiro atoms. The van der Waals surface area contributed by atoms with E-state index in [1.165, 1.54) is 23.5 Å². The summed E-state index contributed by atoms with van der Waals surface area (Å²) in [6.45, 7) is 5.59. The largest absolute Gasteiger partial charge is 0.446 e. The van der Waals surface area contributed by atoms with Crippen LogP contribution in [0.15, 0.2) is 29.2 Å². The first-order valence-electron chi connectivity index (χ1n) is 8.29. The molecule has 0 saturated heterocycles. The lowest BCUT2D eigenvalue weighted by Gasteiger charge is -2.12. The van der Waals surface area contributed by atoms with Crippen LogP contribution in [0.5, 0.6) is 5.75 Å². The van der Waals surface area contributed by atoms with E-state index in [-0.39, 0.29) is 10.6 Å². The zero-order valence-corrected chi connectivity index (χ0v) is 18.2. The van der Waals surface area contributed by atoms with E-state index in [1.807, 2.05) is 0 Å². The van der Waals surface area contributed by atoms with Gasteiger partial charge in [-0.1, -0.05) is 23.5 Å². The van der Waals surface area contributed by atoms with Gasteiger partial charge in [-0.25, -0.2) is 18.5 Å². The molecule has 29 heavy (non-hydrogen) atoms. The summed E-state index contributed by atoms with van der Waals surface area (Å²) < 4.78 is 59.5. The summed E-state index contributed by atoms with van der Waals surface area (Å²) in [7, 11) is -8.38. The summed E-state index contributed by atoms with van der Waals surface area (Å²) in [5.74, 6) is 0.0892. The Hall–Kier alpha value is -2.25. The van der Waals surface area contributed by atoms with Crippen molar-refractivity contribution in [3.63, 3.8) is 0 Å². The molecule has 4 N–H and O–H groups in total.